The van der Waals surface area contributed by atoms with Crippen LogP contribution in [0.25, 0.3) is 0 Å². The molecule has 3 nitrogen and oxygen atoms in total. The lowest BCUT2D eigenvalue weighted by molar-refractivity contribution is -0.257. The van der Waals surface area contributed by atoms with E-state index in [4.69, 9.17) is 0 Å². The molecule has 0 aliphatic carbocycles. The lowest BCUT2D eigenvalue weighted by atomic mass is 9.70. The van der Waals surface area contributed by atoms with Gasteiger partial charge in [0.05, 0.1) is 11.1 Å². The van der Waals surface area contributed by atoms with Crippen molar-refractivity contribution in [1.82, 2.24) is 5.06 Å². The summed E-state index contributed by atoms with van der Waals surface area (Å²) in [4.78, 5) is 12.1. The molecule has 1 aliphatic heterocycles. The van der Waals surface area contributed by atoms with E-state index >= 15 is 0 Å². The Bertz CT molecular complexity index is 270. The molecular weight excluding hydrogens is 202 g/mol. The van der Waals surface area contributed by atoms with Crippen molar-refractivity contribution >= 4 is 5.78 Å². The number of hydrogen-bond donors (Lipinski definition) is 1. The molecule has 2 atom stereocenters. The van der Waals surface area contributed by atoms with Gasteiger partial charge in [-0.2, -0.15) is 5.06 Å². The van der Waals surface area contributed by atoms with Gasteiger partial charge in [-0.25, -0.2) is 0 Å². The van der Waals surface area contributed by atoms with Crippen LogP contribution in [0.4, 0.5) is 0 Å². The zero-order chi connectivity index (χ0) is 12.6. The van der Waals surface area contributed by atoms with E-state index in [9.17, 15) is 10.0 Å². The van der Waals surface area contributed by atoms with Gasteiger partial charge in [-0.1, -0.05) is 20.3 Å². The first-order valence-electron chi connectivity index (χ1n) is 6.31. The Hall–Kier alpha value is -0.410. The van der Waals surface area contributed by atoms with Gasteiger partial charge in [-0.15, -0.1) is 0 Å². The fourth-order valence-corrected chi connectivity index (χ4v) is 3.27. The average molecular weight is 227 g/mol. The van der Waals surface area contributed by atoms with E-state index in [1.807, 2.05) is 27.7 Å². The molecule has 0 saturated carbocycles. The van der Waals surface area contributed by atoms with E-state index in [0.29, 0.717) is 12.2 Å². The van der Waals surface area contributed by atoms with Crippen molar-refractivity contribution in [3.63, 3.8) is 0 Å². The van der Waals surface area contributed by atoms with Gasteiger partial charge in [-0.05, 0) is 33.6 Å². The topological polar surface area (TPSA) is 40.5 Å². The molecule has 16 heavy (non-hydrogen) atoms. The highest BCUT2D eigenvalue weighted by molar-refractivity contribution is 5.84. The van der Waals surface area contributed by atoms with Crippen LogP contribution in [0.15, 0.2) is 0 Å². The van der Waals surface area contributed by atoms with Gasteiger partial charge in [0.1, 0.15) is 5.78 Å². The third kappa shape index (κ3) is 2.03. The Morgan fingerprint density at radius 3 is 2.38 bits per heavy atom. The molecule has 1 heterocycles. The number of Topliss-reactive ketones (excluding diaryl/α,β-unsaturated/α-hetero) is 1. The third-order valence-corrected chi connectivity index (χ3v) is 4.05. The van der Waals surface area contributed by atoms with Gasteiger partial charge < -0.3 is 5.21 Å². The van der Waals surface area contributed by atoms with Crippen molar-refractivity contribution in [3.8, 4) is 0 Å². The molecule has 0 bridgehead atoms. The van der Waals surface area contributed by atoms with E-state index in [0.717, 1.165) is 19.3 Å². The highest BCUT2D eigenvalue weighted by Crippen LogP contribution is 2.42. The lowest BCUT2D eigenvalue weighted by Crippen LogP contribution is -2.64. The standard InChI is InChI=1S/C13H25NO2/c1-6-8-13(5)9-11(15)10(7-2)12(3,4)14(13)16/h10,16H,6-9H2,1-5H3. The molecule has 0 amide bonds. The summed E-state index contributed by atoms with van der Waals surface area (Å²) < 4.78 is 0. The van der Waals surface area contributed by atoms with E-state index in [1.54, 1.807) is 0 Å². The molecule has 1 fully saturated rings. The second-order valence-corrected chi connectivity index (χ2v) is 5.82. The summed E-state index contributed by atoms with van der Waals surface area (Å²) in [5.74, 6) is 0.246. The van der Waals surface area contributed by atoms with Crippen LogP contribution in [0.2, 0.25) is 0 Å². The fourth-order valence-electron chi connectivity index (χ4n) is 3.27. The first-order chi connectivity index (χ1) is 7.29. The van der Waals surface area contributed by atoms with Crippen LogP contribution in [-0.2, 0) is 4.79 Å². The van der Waals surface area contributed by atoms with Crippen LogP contribution in [0.1, 0.15) is 60.3 Å². The predicted octanol–water partition coefficient (Wildman–Crippen LogP) is 3.01. The maximum Gasteiger partial charge on any atom is 0.139 e. The Labute approximate surface area is 98.8 Å². The Morgan fingerprint density at radius 2 is 1.94 bits per heavy atom. The highest BCUT2D eigenvalue weighted by atomic mass is 16.5. The average Bonchev–Trinajstić information content (AvgIpc) is 2.15. The van der Waals surface area contributed by atoms with Crippen LogP contribution in [0.5, 0.6) is 0 Å². The number of hydrogen-bond acceptors (Lipinski definition) is 3. The van der Waals surface area contributed by atoms with Crippen molar-refractivity contribution in [1.29, 1.82) is 0 Å². The number of nitrogens with zero attached hydrogens (tertiary/aromatic N) is 1. The maximum atomic E-state index is 12.1. The first-order valence-corrected chi connectivity index (χ1v) is 6.31. The number of rotatable bonds is 3. The Morgan fingerprint density at radius 1 is 1.38 bits per heavy atom. The SMILES string of the molecule is CCCC1(C)CC(=O)C(CC)C(C)(C)N1O. The second kappa shape index (κ2) is 4.46. The maximum absolute atomic E-state index is 12.1. The summed E-state index contributed by atoms with van der Waals surface area (Å²) in [6, 6.07) is 0. The number of piperidine rings is 1. The summed E-state index contributed by atoms with van der Waals surface area (Å²) >= 11 is 0. The molecule has 94 valence electrons. The van der Waals surface area contributed by atoms with E-state index in [2.05, 4.69) is 6.92 Å². The second-order valence-electron chi connectivity index (χ2n) is 5.82. The van der Waals surface area contributed by atoms with Crippen LogP contribution in [-0.4, -0.2) is 27.1 Å². The van der Waals surface area contributed by atoms with Crippen LogP contribution >= 0.6 is 0 Å². The van der Waals surface area contributed by atoms with Crippen LogP contribution in [0.3, 0.4) is 0 Å². The van der Waals surface area contributed by atoms with Gasteiger partial charge >= 0.3 is 0 Å². The van der Waals surface area contributed by atoms with Crippen molar-refractivity contribution in [2.24, 2.45) is 5.92 Å². The van der Waals surface area contributed by atoms with Gasteiger partial charge in [-0.3, -0.25) is 4.79 Å². The molecule has 3 heteroatoms. The van der Waals surface area contributed by atoms with Gasteiger partial charge in [0.2, 0.25) is 0 Å². The molecule has 1 saturated heterocycles. The molecule has 1 rings (SSSR count). The molecular formula is C13H25NO2. The van der Waals surface area contributed by atoms with Crippen molar-refractivity contribution in [3.05, 3.63) is 0 Å². The minimum Gasteiger partial charge on any atom is -0.313 e. The normalized spacial score (nSPS) is 35.4. The van der Waals surface area contributed by atoms with Crippen molar-refractivity contribution < 1.29 is 10.0 Å². The first kappa shape index (κ1) is 13.7. The molecule has 0 aromatic rings. The predicted molar refractivity (Wildman–Crippen MR) is 64.4 cm³/mol. The zero-order valence-corrected chi connectivity index (χ0v) is 11.2. The van der Waals surface area contributed by atoms with E-state index in [1.165, 1.54) is 5.06 Å². The van der Waals surface area contributed by atoms with Crippen LogP contribution in [0, 0.1) is 5.92 Å². The fraction of sp³-hybridized carbons (Fsp3) is 0.923. The summed E-state index contributed by atoms with van der Waals surface area (Å²) in [6.45, 7) is 10.0. The largest absolute Gasteiger partial charge is 0.313 e. The smallest absolute Gasteiger partial charge is 0.139 e. The monoisotopic (exact) mass is 227 g/mol. The number of ketones is 1. The third-order valence-electron chi connectivity index (χ3n) is 4.05. The zero-order valence-electron chi connectivity index (χ0n) is 11.2. The summed E-state index contributed by atoms with van der Waals surface area (Å²) in [6.07, 6.45) is 3.10. The summed E-state index contributed by atoms with van der Waals surface area (Å²) in [7, 11) is 0. The summed E-state index contributed by atoms with van der Waals surface area (Å²) in [5.41, 5.74) is -0.838. The molecule has 0 aromatic heterocycles. The van der Waals surface area contributed by atoms with Gasteiger partial charge in [0.25, 0.3) is 0 Å². The molecule has 0 spiro atoms. The minimum absolute atomic E-state index is 0.0533. The number of carbonyl (C=O) groups is 1. The highest BCUT2D eigenvalue weighted by Gasteiger charge is 2.51. The lowest BCUT2D eigenvalue weighted by Gasteiger charge is -2.53. The van der Waals surface area contributed by atoms with Crippen LogP contribution < -0.4 is 0 Å². The summed E-state index contributed by atoms with van der Waals surface area (Å²) in [5, 5.41) is 11.8. The molecule has 0 radical (unpaired) electrons. The van der Waals surface area contributed by atoms with E-state index < -0.39 is 5.54 Å². The number of hydroxylamine groups is 2. The van der Waals surface area contributed by atoms with Crippen molar-refractivity contribution in [2.45, 2.75) is 71.4 Å². The van der Waals surface area contributed by atoms with Gasteiger partial charge in [0.15, 0.2) is 0 Å². The van der Waals surface area contributed by atoms with E-state index in [-0.39, 0.29) is 11.5 Å². The molecule has 2 unspecified atom stereocenters. The Kier molecular flexibility index (Phi) is 3.80. The number of carbonyl (C=O) groups excluding carboxylic acids is 1. The molecule has 0 aromatic carbocycles. The quantitative estimate of drug-likeness (QED) is 0.805. The van der Waals surface area contributed by atoms with Crippen molar-refractivity contribution in [2.75, 3.05) is 0 Å². The Balaban J connectivity index is 3.03. The minimum atomic E-state index is -0.450. The molecule has 1 aliphatic rings. The van der Waals surface area contributed by atoms with Gasteiger partial charge in [0, 0.05) is 12.3 Å². The molecule has 1 N–H and O–H groups in total.